The van der Waals surface area contributed by atoms with Crippen molar-refractivity contribution in [1.82, 2.24) is 0 Å². The standard InChI is InChI=1S/C28H28N2O3S/c1-19-13-15-21(16-14-19)34(32,33)30-24-12-8-7-11-22(24)29-23-17-28(2,3)18-25(31)26(23)27(30)20-9-5-4-6-10-20/h4-16,27,29H,17-18H2,1-3H3/t27-/m1/s1. The van der Waals surface area contributed by atoms with Crippen molar-refractivity contribution in [1.29, 1.82) is 0 Å². The van der Waals surface area contributed by atoms with Crippen molar-refractivity contribution in [2.75, 3.05) is 9.62 Å². The molecule has 1 aliphatic carbocycles. The van der Waals surface area contributed by atoms with E-state index in [1.807, 2.05) is 55.5 Å². The van der Waals surface area contributed by atoms with Crippen molar-refractivity contribution in [3.63, 3.8) is 0 Å². The van der Waals surface area contributed by atoms with Gasteiger partial charge in [0, 0.05) is 17.7 Å². The third-order valence-corrected chi connectivity index (χ3v) is 8.34. The van der Waals surface area contributed by atoms with Gasteiger partial charge in [0.2, 0.25) is 0 Å². The number of nitrogens with zero attached hydrogens (tertiary/aromatic N) is 1. The van der Waals surface area contributed by atoms with Crippen LogP contribution in [0, 0.1) is 12.3 Å². The third kappa shape index (κ3) is 3.82. The third-order valence-electron chi connectivity index (χ3n) is 6.55. The molecule has 0 saturated heterocycles. The minimum Gasteiger partial charge on any atom is -0.357 e. The molecule has 1 heterocycles. The summed E-state index contributed by atoms with van der Waals surface area (Å²) >= 11 is 0. The number of rotatable bonds is 3. The fraction of sp³-hybridized carbons (Fsp3) is 0.250. The van der Waals surface area contributed by atoms with Gasteiger partial charge in [-0.25, -0.2) is 8.42 Å². The minimum absolute atomic E-state index is 0.0236. The van der Waals surface area contributed by atoms with Gasteiger partial charge >= 0.3 is 0 Å². The van der Waals surface area contributed by atoms with Crippen molar-refractivity contribution in [3.8, 4) is 0 Å². The van der Waals surface area contributed by atoms with Gasteiger partial charge in [0.15, 0.2) is 5.78 Å². The number of benzene rings is 3. The van der Waals surface area contributed by atoms with Gasteiger partial charge in [-0.1, -0.05) is 74.0 Å². The summed E-state index contributed by atoms with van der Waals surface area (Å²) in [6, 6.07) is 22.9. The second kappa shape index (κ2) is 8.13. The van der Waals surface area contributed by atoms with Gasteiger partial charge in [-0.3, -0.25) is 9.10 Å². The molecule has 2 aliphatic rings. The van der Waals surface area contributed by atoms with Gasteiger partial charge in [0.1, 0.15) is 6.04 Å². The Labute approximate surface area is 201 Å². The molecule has 0 radical (unpaired) electrons. The number of carbonyl (C=O) groups excluding carboxylic acids is 1. The van der Waals surface area contributed by atoms with Crippen molar-refractivity contribution < 1.29 is 13.2 Å². The van der Waals surface area contributed by atoms with Crippen LogP contribution >= 0.6 is 0 Å². The molecule has 0 aromatic heterocycles. The maximum Gasteiger partial charge on any atom is 0.265 e. The summed E-state index contributed by atoms with van der Waals surface area (Å²) in [6.07, 6.45) is 1.02. The summed E-state index contributed by atoms with van der Waals surface area (Å²) in [5.41, 5.74) is 4.04. The Bertz CT molecular complexity index is 1390. The van der Waals surface area contributed by atoms with Crippen LogP contribution in [0.25, 0.3) is 0 Å². The Morgan fingerprint density at radius 3 is 2.24 bits per heavy atom. The molecule has 0 bridgehead atoms. The minimum atomic E-state index is -4.01. The second-order valence-electron chi connectivity index (χ2n) is 9.90. The highest BCUT2D eigenvalue weighted by Crippen LogP contribution is 2.49. The van der Waals surface area contributed by atoms with Gasteiger partial charge in [0.05, 0.1) is 16.3 Å². The monoisotopic (exact) mass is 472 g/mol. The number of sulfonamides is 1. The van der Waals surface area contributed by atoms with Crippen molar-refractivity contribution in [2.45, 2.75) is 44.6 Å². The number of carbonyl (C=O) groups is 1. The molecule has 34 heavy (non-hydrogen) atoms. The fourth-order valence-electron chi connectivity index (χ4n) is 4.98. The first-order valence-electron chi connectivity index (χ1n) is 11.5. The van der Waals surface area contributed by atoms with Crippen LogP contribution in [-0.2, 0) is 14.8 Å². The van der Waals surface area contributed by atoms with E-state index in [0.29, 0.717) is 29.8 Å². The molecule has 0 saturated carbocycles. The Morgan fingerprint density at radius 1 is 0.882 bits per heavy atom. The second-order valence-corrected chi connectivity index (χ2v) is 11.7. The van der Waals surface area contributed by atoms with Gasteiger partial charge in [-0.2, -0.15) is 0 Å². The lowest BCUT2D eigenvalue weighted by atomic mass is 9.73. The predicted molar refractivity (Wildman–Crippen MR) is 135 cm³/mol. The zero-order chi connectivity index (χ0) is 24.1. The first-order valence-corrected chi connectivity index (χ1v) is 12.9. The quantitative estimate of drug-likeness (QED) is 0.508. The molecule has 1 aliphatic heterocycles. The van der Waals surface area contributed by atoms with Crippen LogP contribution < -0.4 is 9.62 Å². The summed E-state index contributed by atoms with van der Waals surface area (Å²) < 4.78 is 30.0. The number of ketones is 1. The van der Waals surface area contributed by atoms with Crippen LogP contribution in [0.3, 0.4) is 0 Å². The van der Waals surface area contributed by atoms with Crippen LogP contribution in [0.2, 0.25) is 0 Å². The summed E-state index contributed by atoms with van der Waals surface area (Å²) in [7, 11) is -4.01. The molecule has 3 aromatic carbocycles. The van der Waals surface area contributed by atoms with E-state index in [1.165, 1.54) is 4.31 Å². The Morgan fingerprint density at radius 2 is 1.53 bits per heavy atom. The first-order chi connectivity index (χ1) is 16.2. The van der Waals surface area contributed by atoms with Crippen LogP contribution in [-0.4, -0.2) is 14.2 Å². The molecule has 5 nitrogen and oxygen atoms in total. The molecule has 3 aromatic rings. The number of anilines is 2. The highest BCUT2D eigenvalue weighted by molar-refractivity contribution is 7.92. The normalized spacial score (nSPS) is 19.7. The molecule has 0 amide bonds. The van der Waals surface area contributed by atoms with E-state index in [2.05, 4.69) is 19.2 Å². The average molecular weight is 473 g/mol. The highest BCUT2D eigenvalue weighted by atomic mass is 32.2. The molecular formula is C28H28N2O3S. The van der Waals surface area contributed by atoms with Gasteiger partial charge in [-0.15, -0.1) is 0 Å². The number of Topliss-reactive ketones (excluding diaryl/α,β-unsaturated/α-hetero) is 1. The van der Waals surface area contributed by atoms with Crippen LogP contribution in [0.5, 0.6) is 0 Å². The molecule has 174 valence electrons. The lowest BCUT2D eigenvalue weighted by Gasteiger charge is -2.37. The number of allylic oxidation sites excluding steroid dienone is 1. The number of hydrogen-bond donors (Lipinski definition) is 1. The molecule has 0 spiro atoms. The fourth-order valence-corrected chi connectivity index (χ4v) is 6.61. The van der Waals surface area contributed by atoms with Crippen LogP contribution in [0.15, 0.2) is 95.0 Å². The van der Waals surface area contributed by atoms with E-state index in [-0.39, 0.29) is 16.1 Å². The smallest absolute Gasteiger partial charge is 0.265 e. The van der Waals surface area contributed by atoms with Gasteiger partial charge in [-0.05, 0) is 48.6 Å². The molecule has 0 unspecified atom stereocenters. The topological polar surface area (TPSA) is 66.5 Å². The zero-order valence-electron chi connectivity index (χ0n) is 19.6. The first kappa shape index (κ1) is 22.4. The van der Waals surface area contributed by atoms with E-state index >= 15 is 0 Å². The van der Waals surface area contributed by atoms with E-state index in [0.717, 1.165) is 16.8 Å². The summed E-state index contributed by atoms with van der Waals surface area (Å²) in [5.74, 6) is -0.0236. The van der Waals surface area contributed by atoms with E-state index < -0.39 is 16.1 Å². The predicted octanol–water partition coefficient (Wildman–Crippen LogP) is 6.00. The molecular weight excluding hydrogens is 444 g/mol. The molecule has 6 heteroatoms. The lowest BCUT2D eigenvalue weighted by molar-refractivity contribution is -0.118. The zero-order valence-corrected chi connectivity index (χ0v) is 20.4. The molecule has 1 atom stereocenters. The Kier molecular flexibility index (Phi) is 5.36. The summed E-state index contributed by atoms with van der Waals surface area (Å²) in [4.78, 5) is 13.9. The maximum atomic E-state index is 14.3. The van der Waals surface area contributed by atoms with Crippen LogP contribution in [0.4, 0.5) is 11.4 Å². The maximum absolute atomic E-state index is 14.3. The van der Waals surface area contributed by atoms with E-state index in [9.17, 15) is 13.2 Å². The summed E-state index contributed by atoms with van der Waals surface area (Å²) in [6.45, 7) is 6.07. The van der Waals surface area contributed by atoms with Crippen molar-refractivity contribution in [2.24, 2.45) is 5.41 Å². The molecule has 0 fully saturated rings. The average Bonchev–Trinajstić information content (AvgIpc) is 2.93. The van der Waals surface area contributed by atoms with Gasteiger partial charge in [0.25, 0.3) is 10.0 Å². The number of aryl methyl sites for hydroxylation is 1. The lowest BCUT2D eigenvalue weighted by Crippen LogP contribution is -2.39. The highest BCUT2D eigenvalue weighted by Gasteiger charge is 2.45. The van der Waals surface area contributed by atoms with E-state index in [1.54, 1.807) is 30.3 Å². The number of fused-ring (bicyclic) bond motifs is 1. The Hall–Kier alpha value is -3.38. The SMILES string of the molecule is Cc1ccc(S(=O)(=O)N2c3ccccc3NC3=C(C(=O)CC(C)(C)C3)[C@H]2c2ccccc2)cc1. The number of nitrogens with one attached hydrogen (secondary N) is 1. The number of hydrogen-bond acceptors (Lipinski definition) is 4. The van der Waals surface area contributed by atoms with Crippen LogP contribution in [0.1, 0.15) is 43.9 Å². The Balaban J connectivity index is 1.83. The largest absolute Gasteiger partial charge is 0.357 e. The van der Waals surface area contributed by atoms with Crippen molar-refractivity contribution >= 4 is 27.2 Å². The summed E-state index contributed by atoms with van der Waals surface area (Å²) in [5, 5.41) is 3.46. The number of para-hydroxylation sites is 2. The van der Waals surface area contributed by atoms with Crippen molar-refractivity contribution in [3.05, 3.63) is 101 Å². The van der Waals surface area contributed by atoms with E-state index in [4.69, 9.17) is 0 Å². The molecule has 1 N–H and O–H groups in total. The van der Waals surface area contributed by atoms with Gasteiger partial charge < -0.3 is 5.32 Å². The molecule has 5 rings (SSSR count).